The van der Waals surface area contributed by atoms with Crippen LogP contribution in [0.2, 0.25) is 0 Å². The van der Waals surface area contributed by atoms with Gasteiger partial charge in [-0.3, -0.25) is 4.79 Å². The van der Waals surface area contributed by atoms with Gasteiger partial charge in [0.1, 0.15) is 6.54 Å². The molecule has 3 N–H and O–H groups in total. The van der Waals surface area contributed by atoms with Gasteiger partial charge < -0.3 is 15.8 Å². The number of hydrogen-bond acceptors (Lipinski definition) is 4. The number of alkyl halides is 3. The Bertz CT molecular complexity index is 520. The fraction of sp³-hybridized carbons (Fsp3) is 0.273. The Labute approximate surface area is 120 Å². The van der Waals surface area contributed by atoms with Gasteiger partial charge >= 0.3 is 12.1 Å². The van der Waals surface area contributed by atoms with E-state index in [0.717, 1.165) is 0 Å². The SMILES string of the molecule is Nc1cc(C(=O)OCC(=O)NCC(F)(F)F)ccc1Br. The normalized spacial score (nSPS) is 11.0. The molecule has 0 unspecified atom stereocenters. The minimum absolute atomic E-state index is 0.0920. The molecule has 0 aliphatic heterocycles. The second kappa shape index (κ2) is 6.60. The number of nitrogen functional groups attached to an aromatic ring is 1. The molecule has 20 heavy (non-hydrogen) atoms. The van der Waals surface area contributed by atoms with Crippen molar-refractivity contribution in [1.82, 2.24) is 5.32 Å². The summed E-state index contributed by atoms with van der Waals surface area (Å²) in [5.74, 6) is -1.90. The fourth-order valence-corrected chi connectivity index (χ4v) is 1.38. The fourth-order valence-electron chi connectivity index (χ4n) is 1.13. The maximum absolute atomic E-state index is 11.8. The number of amides is 1. The van der Waals surface area contributed by atoms with Gasteiger partial charge in [-0.2, -0.15) is 13.2 Å². The summed E-state index contributed by atoms with van der Waals surface area (Å²) in [6, 6.07) is 4.23. The second-order valence-electron chi connectivity index (χ2n) is 3.70. The number of hydrogen-bond donors (Lipinski definition) is 2. The molecule has 1 aromatic carbocycles. The molecule has 0 saturated carbocycles. The Morgan fingerprint density at radius 3 is 2.55 bits per heavy atom. The molecule has 0 aliphatic carbocycles. The lowest BCUT2D eigenvalue weighted by Crippen LogP contribution is -2.36. The number of carbonyl (C=O) groups excluding carboxylic acids is 2. The van der Waals surface area contributed by atoms with Gasteiger partial charge in [0.2, 0.25) is 0 Å². The maximum atomic E-state index is 11.8. The Morgan fingerprint density at radius 1 is 1.35 bits per heavy atom. The lowest BCUT2D eigenvalue weighted by molar-refractivity contribution is -0.140. The van der Waals surface area contributed by atoms with Gasteiger partial charge in [0, 0.05) is 10.2 Å². The van der Waals surface area contributed by atoms with Crippen molar-refractivity contribution in [2.75, 3.05) is 18.9 Å². The standard InChI is InChI=1S/C11H10BrF3N2O3/c12-7-2-1-6(3-8(7)16)10(19)20-4-9(18)17-5-11(13,14)15/h1-3H,4-5,16H2,(H,17,18). The molecule has 1 amide bonds. The van der Waals surface area contributed by atoms with Crippen LogP contribution in [-0.2, 0) is 9.53 Å². The molecule has 1 rings (SSSR count). The Morgan fingerprint density at radius 2 is 2.00 bits per heavy atom. The van der Waals surface area contributed by atoms with Gasteiger partial charge in [-0.05, 0) is 34.1 Å². The van der Waals surface area contributed by atoms with Gasteiger partial charge in [-0.1, -0.05) is 0 Å². The first-order valence-electron chi connectivity index (χ1n) is 5.24. The predicted molar refractivity (Wildman–Crippen MR) is 67.9 cm³/mol. The highest BCUT2D eigenvalue weighted by Crippen LogP contribution is 2.20. The summed E-state index contributed by atoms with van der Waals surface area (Å²) in [7, 11) is 0. The van der Waals surface area contributed by atoms with Gasteiger partial charge in [0.05, 0.1) is 5.56 Å². The van der Waals surface area contributed by atoms with Gasteiger partial charge in [0.15, 0.2) is 6.61 Å². The third-order valence-corrected chi connectivity index (χ3v) is 2.77. The molecule has 0 saturated heterocycles. The highest BCUT2D eigenvalue weighted by molar-refractivity contribution is 9.10. The van der Waals surface area contributed by atoms with E-state index in [9.17, 15) is 22.8 Å². The van der Waals surface area contributed by atoms with Crippen molar-refractivity contribution in [3.8, 4) is 0 Å². The third-order valence-electron chi connectivity index (χ3n) is 2.05. The van der Waals surface area contributed by atoms with Crippen LogP contribution in [0.5, 0.6) is 0 Å². The zero-order valence-electron chi connectivity index (χ0n) is 9.96. The van der Waals surface area contributed by atoms with Crippen molar-refractivity contribution in [3.05, 3.63) is 28.2 Å². The van der Waals surface area contributed by atoms with E-state index in [4.69, 9.17) is 5.73 Å². The molecule has 0 fully saturated rings. The van der Waals surface area contributed by atoms with Crippen molar-refractivity contribution in [2.24, 2.45) is 0 Å². The zero-order chi connectivity index (χ0) is 15.3. The summed E-state index contributed by atoms with van der Waals surface area (Å²) >= 11 is 3.13. The van der Waals surface area contributed by atoms with Crippen LogP contribution < -0.4 is 11.1 Å². The molecule has 1 aromatic rings. The van der Waals surface area contributed by atoms with E-state index in [0.29, 0.717) is 10.2 Å². The number of nitrogens with one attached hydrogen (secondary N) is 1. The Hall–Kier alpha value is -1.77. The van der Waals surface area contributed by atoms with Crippen molar-refractivity contribution < 1.29 is 27.5 Å². The number of benzene rings is 1. The van der Waals surface area contributed by atoms with E-state index >= 15 is 0 Å². The summed E-state index contributed by atoms with van der Waals surface area (Å²) in [6.45, 7) is -2.28. The average molecular weight is 355 g/mol. The number of carbonyl (C=O) groups is 2. The van der Waals surface area contributed by atoms with E-state index in [2.05, 4.69) is 20.7 Å². The zero-order valence-corrected chi connectivity index (χ0v) is 11.5. The van der Waals surface area contributed by atoms with Crippen molar-refractivity contribution in [2.45, 2.75) is 6.18 Å². The molecule has 0 atom stereocenters. The molecule has 0 aromatic heterocycles. The second-order valence-corrected chi connectivity index (χ2v) is 4.56. The first-order chi connectivity index (χ1) is 9.19. The summed E-state index contributed by atoms with van der Waals surface area (Å²) in [5.41, 5.74) is 5.94. The van der Waals surface area contributed by atoms with Crippen LogP contribution in [0.3, 0.4) is 0 Å². The number of halogens is 4. The molecular weight excluding hydrogens is 345 g/mol. The number of esters is 1. The smallest absolute Gasteiger partial charge is 0.405 e. The molecule has 0 spiro atoms. The molecule has 0 bridgehead atoms. The van der Waals surface area contributed by atoms with Crippen LogP contribution in [0.4, 0.5) is 18.9 Å². The van der Waals surface area contributed by atoms with Gasteiger partial charge in [-0.15, -0.1) is 0 Å². The molecule has 0 radical (unpaired) electrons. The molecular formula is C11H10BrF3N2O3. The van der Waals surface area contributed by atoms with Crippen LogP contribution in [-0.4, -0.2) is 31.2 Å². The van der Waals surface area contributed by atoms with Crippen molar-refractivity contribution >= 4 is 33.5 Å². The lowest BCUT2D eigenvalue weighted by Gasteiger charge is -2.09. The monoisotopic (exact) mass is 354 g/mol. The largest absolute Gasteiger partial charge is 0.452 e. The average Bonchev–Trinajstić information content (AvgIpc) is 2.36. The molecule has 9 heteroatoms. The van der Waals surface area contributed by atoms with E-state index in [-0.39, 0.29) is 5.56 Å². The molecule has 0 heterocycles. The predicted octanol–water partition coefficient (Wildman–Crippen LogP) is 1.87. The Balaban J connectivity index is 2.47. The van der Waals surface area contributed by atoms with Crippen LogP contribution in [0.15, 0.2) is 22.7 Å². The highest BCUT2D eigenvalue weighted by Gasteiger charge is 2.27. The molecule has 5 nitrogen and oxygen atoms in total. The van der Waals surface area contributed by atoms with Crippen LogP contribution >= 0.6 is 15.9 Å². The number of nitrogens with two attached hydrogens (primary N) is 1. The van der Waals surface area contributed by atoms with E-state index in [1.165, 1.54) is 18.2 Å². The minimum atomic E-state index is -4.51. The summed E-state index contributed by atoms with van der Waals surface area (Å²) in [5, 5.41) is 1.58. The summed E-state index contributed by atoms with van der Waals surface area (Å²) < 4.78 is 40.6. The van der Waals surface area contributed by atoms with Crippen molar-refractivity contribution in [1.29, 1.82) is 0 Å². The highest BCUT2D eigenvalue weighted by atomic mass is 79.9. The van der Waals surface area contributed by atoms with Crippen molar-refractivity contribution in [3.63, 3.8) is 0 Å². The van der Waals surface area contributed by atoms with Crippen LogP contribution in [0.25, 0.3) is 0 Å². The van der Waals surface area contributed by atoms with E-state index in [1.807, 2.05) is 0 Å². The molecule has 0 aliphatic rings. The molecule has 110 valence electrons. The summed E-state index contributed by atoms with van der Waals surface area (Å²) in [6.07, 6.45) is -4.51. The number of anilines is 1. The van der Waals surface area contributed by atoms with Crippen LogP contribution in [0.1, 0.15) is 10.4 Å². The summed E-state index contributed by atoms with van der Waals surface area (Å²) in [4.78, 5) is 22.5. The number of rotatable bonds is 4. The van der Waals surface area contributed by atoms with Crippen LogP contribution in [0, 0.1) is 0 Å². The van der Waals surface area contributed by atoms with E-state index < -0.39 is 31.2 Å². The minimum Gasteiger partial charge on any atom is -0.452 e. The topological polar surface area (TPSA) is 81.4 Å². The first-order valence-corrected chi connectivity index (χ1v) is 6.04. The Kier molecular flexibility index (Phi) is 5.37. The third kappa shape index (κ3) is 5.47. The maximum Gasteiger partial charge on any atom is 0.405 e. The first kappa shape index (κ1) is 16.3. The van der Waals surface area contributed by atoms with Gasteiger partial charge in [0.25, 0.3) is 5.91 Å². The quantitative estimate of drug-likeness (QED) is 0.638. The number of ether oxygens (including phenoxy) is 1. The lowest BCUT2D eigenvalue weighted by atomic mass is 10.2. The van der Waals surface area contributed by atoms with E-state index in [1.54, 1.807) is 5.32 Å². The van der Waals surface area contributed by atoms with Gasteiger partial charge in [-0.25, -0.2) is 4.79 Å².